The number of carbonyl (C=O) groups excluding carboxylic acids is 1. The lowest BCUT2D eigenvalue weighted by molar-refractivity contribution is 0.0951. The van der Waals surface area contributed by atoms with E-state index >= 15 is 0 Å². The molecule has 6 nitrogen and oxygen atoms in total. The standard InChI is InChI=1S/C30H25N3O3/c1-19-8-10-21(11-9-19)29(34)28-27(22-12-14-24(35-2)25(16-22)36-3)30(17-31,18-32)26-15-13-20-6-4-5-7-23(20)33(26)28/h4-16,26-28H,1-3H3. The molecule has 3 aromatic rings. The Kier molecular flexibility index (Phi) is 5.74. The average Bonchev–Trinajstić information content (AvgIpc) is 3.23. The van der Waals surface area contributed by atoms with E-state index < -0.39 is 23.4 Å². The van der Waals surface area contributed by atoms with Gasteiger partial charge < -0.3 is 14.4 Å². The SMILES string of the molecule is COc1ccc(C2C(C(=O)c3ccc(C)cc3)N3c4ccccc4C=CC3C2(C#N)C#N)cc1OC. The van der Waals surface area contributed by atoms with Gasteiger partial charge in [0.1, 0.15) is 6.04 Å². The van der Waals surface area contributed by atoms with Gasteiger partial charge in [-0.25, -0.2) is 0 Å². The maximum atomic E-state index is 14.3. The van der Waals surface area contributed by atoms with Gasteiger partial charge in [-0.1, -0.05) is 66.2 Å². The number of anilines is 1. The van der Waals surface area contributed by atoms with Crippen LogP contribution in [0.5, 0.6) is 11.5 Å². The summed E-state index contributed by atoms with van der Waals surface area (Å²) in [6, 6.07) is 23.8. The lowest BCUT2D eigenvalue weighted by atomic mass is 9.69. The Hall–Kier alpha value is -4.55. The molecule has 3 atom stereocenters. The van der Waals surface area contributed by atoms with Gasteiger partial charge in [-0.2, -0.15) is 10.5 Å². The highest BCUT2D eigenvalue weighted by molar-refractivity contribution is 6.04. The molecule has 2 aliphatic heterocycles. The molecule has 2 aliphatic rings. The van der Waals surface area contributed by atoms with Gasteiger partial charge in [-0.05, 0) is 36.2 Å². The third-order valence-electron chi connectivity index (χ3n) is 7.29. The van der Waals surface area contributed by atoms with Gasteiger partial charge in [0, 0.05) is 17.2 Å². The van der Waals surface area contributed by atoms with Crippen LogP contribution in [-0.4, -0.2) is 32.1 Å². The number of nitrogens with zero attached hydrogens (tertiary/aromatic N) is 3. The van der Waals surface area contributed by atoms with Crippen molar-refractivity contribution in [1.82, 2.24) is 0 Å². The van der Waals surface area contributed by atoms with Crippen LogP contribution in [0.3, 0.4) is 0 Å². The Labute approximate surface area is 210 Å². The highest BCUT2D eigenvalue weighted by Gasteiger charge is 2.63. The van der Waals surface area contributed by atoms with Crippen LogP contribution >= 0.6 is 0 Å². The number of ketones is 1. The number of para-hydroxylation sites is 1. The second-order valence-electron chi connectivity index (χ2n) is 9.13. The summed E-state index contributed by atoms with van der Waals surface area (Å²) in [6.45, 7) is 1.97. The van der Waals surface area contributed by atoms with Gasteiger partial charge in [-0.15, -0.1) is 0 Å². The van der Waals surface area contributed by atoms with Crippen molar-refractivity contribution in [3.63, 3.8) is 0 Å². The summed E-state index contributed by atoms with van der Waals surface area (Å²) in [7, 11) is 3.09. The number of aryl methyl sites for hydroxylation is 1. The molecule has 5 rings (SSSR count). The summed E-state index contributed by atoms with van der Waals surface area (Å²) in [5, 5.41) is 21.1. The van der Waals surface area contributed by atoms with Crippen LogP contribution in [0, 0.1) is 35.0 Å². The van der Waals surface area contributed by atoms with Crippen molar-refractivity contribution >= 4 is 17.5 Å². The third kappa shape index (κ3) is 3.34. The van der Waals surface area contributed by atoms with E-state index in [2.05, 4.69) is 12.1 Å². The molecule has 1 fully saturated rings. The fourth-order valence-corrected chi connectivity index (χ4v) is 5.54. The zero-order chi connectivity index (χ0) is 25.4. The van der Waals surface area contributed by atoms with E-state index in [0.29, 0.717) is 22.6 Å². The molecule has 0 aromatic heterocycles. The third-order valence-corrected chi connectivity index (χ3v) is 7.29. The molecule has 178 valence electrons. The van der Waals surface area contributed by atoms with E-state index in [1.54, 1.807) is 19.2 Å². The van der Waals surface area contributed by atoms with Crippen LogP contribution in [0.4, 0.5) is 5.69 Å². The van der Waals surface area contributed by atoms with E-state index in [1.165, 1.54) is 7.11 Å². The minimum Gasteiger partial charge on any atom is -0.493 e. The molecule has 0 saturated carbocycles. The Balaban J connectivity index is 1.78. The average molecular weight is 476 g/mol. The maximum absolute atomic E-state index is 14.3. The lowest BCUT2D eigenvalue weighted by Gasteiger charge is -2.35. The zero-order valence-electron chi connectivity index (χ0n) is 20.3. The van der Waals surface area contributed by atoms with Crippen LogP contribution in [0.15, 0.2) is 72.8 Å². The van der Waals surface area contributed by atoms with Crippen LogP contribution in [-0.2, 0) is 0 Å². The van der Waals surface area contributed by atoms with Crippen LogP contribution in [0.1, 0.15) is 33.0 Å². The monoisotopic (exact) mass is 475 g/mol. The van der Waals surface area contributed by atoms with Gasteiger partial charge in [0.05, 0.1) is 32.4 Å². The van der Waals surface area contributed by atoms with Gasteiger partial charge in [0.2, 0.25) is 0 Å². The molecular formula is C30H25N3O3. The number of rotatable bonds is 5. The summed E-state index contributed by atoms with van der Waals surface area (Å²) < 4.78 is 10.9. The molecular weight excluding hydrogens is 450 g/mol. The van der Waals surface area contributed by atoms with Crippen molar-refractivity contribution in [3.05, 3.63) is 95.1 Å². The summed E-state index contributed by atoms with van der Waals surface area (Å²) in [6.07, 6.45) is 3.81. The molecule has 0 spiro atoms. The predicted octanol–water partition coefficient (Wildman–Crippen LogP) is 5.30. The molecule has 3 aromatic carbocycles. The summed E-state index contributed by atoms with van der Waals surface area (Å²) in [5.74, 6) is 0.115. The van der Waals surface area contributed by atoms with E-state index in [-0.39, 0.29) is 5.78 Å². The fraction of sp³-hybridized carbons (Fsp3) is 0.233. The maximum Gasteiger partial charge on any atom is 0.185 e. The molecule has 2 heterocycles. The van der Waals surface area contributed by atoms with Crippen LogP contribution < -0.4 is 14.4 Å². The fourth-order valence-electron chi connectivity index (χ4n) is 5.54. The Bertz CT molecular complexity index is 1430. The summed E-state index contributed by atoms with van der Waals surface area (Å²) in [5.41, 5.74) is 2.49. The molecule has 0 bridgehead atoms. The topological polar surface area (TPSA) is 86.4 Å². The number of fused-ring (bicyclic) bond motifs is 3. The number of carbonyl (C=O) groups is 1. The zero-order valence-corrected chi connectivity index (χ0v) is 20.3. The van der Waals surface area contributed by atoms with E-state index in [0.717, 1.165) is 16.8 Å². The second-order valence-corrected chi connectivity index (χ2v) is 9.13. The van der Waals surface area contributed by atoms with Crippen molar-refractivity contribution in [2.75, 3.05) is 19.1 Å². The van der Waals surface area contributed by atoms with Gasteiger partial charge in [-0.3, -0.25) is 4.79 Å². The first kappa shape index (κ1) is 23.2. The van der Waals surface area contributed by atoms with Crippen molar-refractivity contribution in [2.45, 2.75) is 24.9 Å². The number of nitriles is 2. The number of Topliss-reactive ketones (excluding diaryl/α,β-unsaturated/α-hetero) is 1. The van der Waals surface area contributed by atoms with Crippen molar-refractivity contribution < 1.29 is 14.3 Å². The second kappa shape index (κ2) is 8.91. The molecule has 3 unspecified atom stereocenters. The van der Waals surface area contributed by atoms with Crippen molar-refractivity contribution in [1.29, 1.82) is 10.5 Å². The van der Waals surface area contributed by atoms with E-state index in [1.807, 2.05) is 78.6 Å². The molecule has 0 aliphatic carbocycles. The lowest BCUT2D eigenvalue weighted by Crippen LogP contribution is -2.44. The first-order valence-electron chi connectivity index (χ1n) is 11.7. The molecule has 6 heteroatoms. The normalized spacial score (nSPS) is 21.0. The summed E-state index contributed by atoms with van der Waals surface area (Å²) in [4.78, 5) is 16.2. The van der Waals surface area contributed by atoms with Crippen molar-refractivity contribution in [2.24, 2.45) is 5.41 Å². The molecule has 1 saturated heterocycles. The van der Waals surface area contributed by atoms with Crippen LogP contribution in [0.25, 0.3) is 6.08 Å². The number of hydrogen-bond acceptors (Lipinski definition) is 6. The molecule has 0 N–H and O–H groups in total. The predicted molar refractivity (Wildman–Crippen MR) is 137 cm³/mol. The highest BCUT2D eigenvalue weighted by atomic mass is 16.5. The Morgan fingerprint density at radius 2 is 1.64 bits per heavy atom. The molecule has 36 heavy (non-hydrogen) atoms. The molecule has 0 radical (unpaired) electrons. The van der Waals surface area contributed by atoms with E-state index in [9.17, 15) is 15.3 Å². The first-order chi connectivity index (χ1) is 17.5. The minimum absolute atomic E-state index is 0.141. The molecule has 0 amide bonds. The number of methoxy groups -OCH3 is 2. The van der Waals surface area contributed by atoms with Gasteiger partial charge >= 0.3 is 0 Å². The number of benzene rings is 3. The van der Waals surface area contributed by atoms with E-state index in [4.69, 9.17) is 9.47 Å². The Morgan fingerprint density at radius 3 is 2.31 bits per heavy atom. The quantitative estimate of drug-likeness (QED) is 0.466. The number of hydrogen-bond donors (Lipinski definition) is 0. The van der Waals surface area contributed by atoms with Gasteiger partial charge in [0.25, 0.3) is 0 Å². The van der Waals surface area contributed by atoms with Crippen molar-refractivity contribution in [3.8, 4) is 23.6 Å². The minimum atomic E-state index is -1.52. The smallest absolute Gasteiger partial charge is 0.185 e. The Morgan fingerprint density at radius 1 is 0.944 bits per heavy atom. The van der Waals surface area contributed by atoms with Gasteiger partial charge in [0.15, 0.2) is 22.7 Å². The number of ether oxygens (including phenoxy) is 2. The van der Waals surface area contributed by atoms with Crippen LogP contribution in [0.2, 0.25) is 0 Å². The highest BCUT2D eigenvalue weighted by Crippen LogP contribution is 2.56. The summed E-state index contributed by atoms with van der Waals surface area (Å²) >= 11 is 0. The largest absolute Gasteiger partial charge is 0.493 e. The first-order valence-corrected chi connectivity index (χ1v) is 11.7.